The molecule has 4 nitrogen and oxygen atoms in total. The number of hydrogen-bond acceptors (Lipinski definition) is 2. The second-order valence-corrected chi connectivity index (χ2v) is 4.53. The van der Waals surface area contributed by atoms with E-state index in [2.05, 4.69) is 15.9 Å². The van der Waals surface area contributed by atoms with Crippen LogP contribution in [0.1, 0.15) is 6.42 Å². The summed E-state index contributed by atoms with van der Waals surface area (Å²) < 4.78 is 24.9. The van der Waals surface area contributed by atoms with E-state index in [1.165, 1.54) is 0 Å². The zero-order valence-electron chi connectivity index (χ0n) is 7.28. The molecule has 0 aromatic heterocycles. The maximum Gasteiger partial charge on any atom is 0.414 e. The molecule has 3 atom stereocenters. The van der Waals surface area contributed by atoms with E-state index in [0.717, 1.165) is 0 Å². The van der Waals surface area contributed by atoms with Crippen molar-refractivity contribution >= 4 is 27.9 Å². The number of fused-ring (bicyclic) bond motifs is 2. The minimum Gasteiger partial charge on any atom is -0.465 e. The van der Waals surface area contributed by atoms with Gasteiger partial charge in [0.05, 0.1) is 16.8 Å². The molecule has 1 heterocycles. The minimum atomic E-state index is -1.88. The summed E-state index contributed by atoms with van der Waals surface area (Å²) in [5, 5.41) is 8.74. The number of halogens is 3. The SMILES string of the molecule is O=C(O)N1C(=O)[C@H]2CC(=C(F)F)[C@@H]1[C@@H]2Br. The molecular weight excluding hydrogens is 276 g/mol. The molecule has 2 amide bonds. The average Bonchev–Trinajstić information content (AvgIpc) is 2.56. The van der Waals surface area contributed by atoms with Crippen molar-refractivity contribution in [3.63, 3.8) is 0 Å². The molecule has 0 spiro atoms. The van der Waals surface area contributed by atoms with Gasteiger partial charge in [-0.15, -0.1) is 0 Å². The Labute approximate surface area is 91.7 Å². The summed E-state index contributed by atoms with van der Waals surface area (Å²) in [4.78, 5) is 22.1. The summed E-state index contributed by atoms with van der Waals surface area (Å²) >= 11 is 3.10. The van der Waals surface area contributed by atoms with Crippen LogP contribution in [0.2, 0.25) is 0 Å². The van der Waals surface area contributed by atoms with Crippen molar-refractivity contribution in [2.75, 3.05) is 0 Å². The van der Waals surface area contributed by atoms with Gasteiger partial charge in [0.25, 0.3) is 6.08 Å². The summed E-state index contributed by atoms with van der Waals surface area (Å²) in [7, 11) is 0. The lowest BCUT2D eigenvalue weighted by atomic mass is 10.1. The third kappa shape index (κ3) is 1.29. The molecule has 1 aliphatic heterocycles. The highest BCUT2D eigenvalue weighted by atomic mass is 79.9. The van der Waals surface area contributed by atoms with Gasteiger partial charge in [0.2, 0.25) is 5.91 Å². The number of likely N-dealkylation sites (tertiary alicyclic amines) is 1. The number of amides is 2. The first-order valence-corrected chi connectivity index (χ1v) is 5.10. The maximum absolute atomic E-state index is 12.5. The van der Waals surface area contributed by atoms with E-state index < -0.39 is 34.9 Å². The van der Waals surface area contributed by atoms with Gasteiger partial charge >= 0.3 is 6.09 Å². The minimum absolute atomic E-state index is 0.0501. The van der Waals surface area contributed by atoms with E-state index in [1.54, 1.807) is 0 Å². The van der Waals surface area contributed by atoms with Crippen LogP contribution >= 0.6 is 15.9 Å². The van der Waals surface area contributed by atoms with Gasteiger partial charge in [-0.05, 0) is 6.42 Å². The van der Waals surface area contributed by atoms with Crippen molar-refractivity contribution in [1.29, 1.82) is 0 Å². The van der Waals surface area contributed by atoms with E-state index in [0.29, 0.717) is 4.90 Å². The van der Waals surface area contributed by atoms with Gasteiger partial charge < -0.3 is 5.11 Å². The molecule has 2 rings (SSSR count). The summed E-state index contributed by atoms with van der Waals surface area (Å²) in [6, 6.07) is -1.04. The third-order valence-corrected chi connectivity index (χ3v) is 3.90. The molecule has 1 aliphatic carbocycles. The molecule has 1 saturated carbocycles. The van der Waals surface area contributed by atoms with Gasteiger partial charge in [0.1, 0.15) is 0 Å². The number of carbonyl (C=O) groups excluding carboxylic acids is 1. The monoisotopic (exact) mass is 281 g/mol. The fourth-order valence-corrected chi connectivity index (χ4v) is 3.09. The molecule has 0 aromatic carbocycles. The Bertz CT molecular complexity index is 380. The first kappa shape index (κ1) is 10.5. The van der Waals surface area contributed by atoms with Crippen molar-refractivity contribution < 1.29 is 23.5 Å². The van der Waals surface area contributed by atoms with Crippen molar-refractivity contribution in [2.24, 2.45) is 5.92 Å². The molecular formula is C8H6BrF2NO3. The first-order valence-electron chi connectivity index (χ1n) is 4.19. The second kappa shape index (κ2) is 3.26. The third-order valence-electron chi connectivity index (χ3n) is 2.76. The molecule has 2 bridgehead atoms. The number of rotatable bonds is 0. The summed E-state index contributed by atoms with van der Waals surface area (Å²) in [5.41, 5.74) is -0.246. The van der Waals surface area contributed by atoms with Crippen LogP contribution < -0.4 is 0 Å². The molecule has 82 valence electrons. The number of piperidine rings is 1. The van der Waals surface area contributed by atoms with Gasteiger partial charge in [-0.2, -0.15) is 8.78 Å². The molecule has 1 N–H and O–H groups in total. The van der Waals surface area contributed by atoms with Gasteiger partial charge in [-0.3, -0.25) is 4.79 Å². The summed E-state index contributed by atoms with van der Waals surface area (Å²) in [6.07, 6.45) is -3.41. The Morgan fingerprint density at radius 1 is 1.53 bits per heavy atom. The molecule has 1 saturated heterocycles. The Kier molecular flexibility index (Phi) is 2.29. The number of carboxylic acid groups (broad SMARTS) is 1. The quantitative estimate of drug-likeness (QED) is 0.689. The van der Waals surface area contributed by atoms with E-state index in [1.807, 2.05) is 0 Å². The lowest BCUT2D eigenvalue weighted by molar-refractivity contribution is -0.130. The van der Waals surface area contributed by atoms with E-state index in [-0.39, 0.29) is 12.0 Å². The van der Waals surface area contributed by atoms with Gasteiger partial charge in [0, 0.05) is 5.57 Å². The first-order chi connectivity index (χ1) is 6.95. The number of carbonyl (C=O) groups is 2. The number of imide groups is 1. The molecule has 2 fully saturated rings. The van der Waals surface area contributed by atoms with Crippen LogP contribution in [0.5, 0.6) is 0 Å². The highest BCUT2D eigenvalue weighted by Gasteiger charge is 2.58. The molecule has 2 aliphatic rings. The standard InChI is InChI=1S/C8H6BrF2NO3/c9-4-2-1-3(6(10)11)5(4)12(7(2)13)8(14)15/h2,4-5H,1H2,(H,14,15)/t2-,4+,5+/m0/s1. The highest BCUT2D eigenvalue weighted by Crippen LogP contribution is 2.47. The van der Waals surface area contributed by atoms with Gasteiger partial charge in [-0.25, -0.2) is 9.69 Å². The zero-order chi connectivity index (χ0) is 11.3. The van der Waals surface area contributed by atoms with Crippen LogP contribution in [0.25, 0.3) is 0 Å². The average molecular weight is 282 g/mol. The van der Waals surface area contributed by atoms with Gasteiger partial charge in [0.15, 0.2) is 0 Å². The van der Waals surface area contributed by atoms with Crippen LogP contribution in [0.15, 0.2) is 11.7 Å². The zero-order valence-corrected chi connectivity index (χ0v) is 8.87. The lowest BCUT2D eigenvalue weighted by Crippen LogP contribution is -2.42. The van der Waals surface area contributed by atoms with Crippen molar-refractivity contribution in [3.05, 3.63) is 11.7 Å². The fourth-order valence-electron chi connectivity index (χ4n) is 2.12. The van der Waals surface area contributed by atoms with E-state index in [4.69, 9.17) is 5.11 Å². The predicted octanol–water partition coefficient (Wildman–Crippen LogP) is 1.81. The largest absolute Gasteiger partial charge is 0.465 e. The van der Waals surface area contributed by atoms with Crippen LogP contribution in [-0.4, -0.2) is 32.9 Å². The van der Waals surface area contributed by atoms with Crippen molar-refractivity contribution in [1.82, 2.24) is 4.90 Å². The maximum atomic E-state index is 12.5. The Morgan fingerprint density at radius 2 is 2.13 bits per heavy atom. The van der Waals surface area contributed by atoms with Crippen molar-refractivity contribution in [2.45, 2.75) is 17.3 Å². The van der Waals surface area contributed by atoms with Crippen LogP contribution in [0, 0.1) is 5.92 Å². The lowest BCUT2D eigenvalue weighted by Gasteiger charge is -2.23. The van der Waals surface area contributed by atoms with E-state index >= 15 is 0 Å². The molecule has 0 unspecified atom stereocenters. The topological polar surface area (TPSA) is 57.6 Å². The Morgan fingerprint density at radius 3 is 2.53 bits per heavy atom. The number of nitrogens with zero attached hydrogens (tertiary/aromatic N) is 1. The normalized spacial score (nSPS) is 33.8. The fraction of sp³-hybridized carbons (Fsp3) is 0.500. The smallest absolute Gasteiger partial charge is 0.414 e. The molecule has 15 heavy (non-hydrogen) atoms. The summed E-state index contributed by atoms with van der Waals surface area (Å²) in [5.74, 6) is -1.28. The van der Waals surface area contributed by atoms with Crippen LogP contribution in [0.3, 0.4) is 0 Å². The second-order valence-electron chi connectivity index (χ2n) is 3.48. The van der Waals surface area contributed by atoms with Gasteiger partial charge in [-0.1, -0.05) is 15.9 Å². The highest BCUT2D eigenvalue weighted by molar-refractivity contribution is 9.09. The predicted molar refractivity (Wildman–Crippen MR) is 48.7 cm³/mol. The van der Waals surface area contributed by atoms with Crippen molar-refractivity contribution in [3.8, 4) is 0 Å². The molecule has 0 radical (unpaired) electrons. The number of hydrogen-bond donors (Lipinski definition) is 1. The van der Waals surface area contributed by atoms with Crippen LogP contribution in [-0.2, 0) is 4.79 Å². The Balaban J connectivity index is 2.44. The number of alkyl halides is 1. The Hall–Kier alpha value is -0.980. The summed E-state index contributed by atoms with van der Waals surface area (Å²) in [6.45, 7) is 0. The molecule has 7 heteroatoms. The van der Waals surface area contributed by atoms with E-state index in [9.17, 15) is 18.4 Å². The van der Waals surface area contributed by atoms with Crippen LogP contribution in [0.4, 0.5) is 13.6 Å². The molecule has 0 aromatic rings.